The first-order valence-corrected chi connectivity index (χ1v) is 10.2. The molecule has 2 heterocycles. The molecule has 2 aliphatic heterocycles. The van der Waals surface area contributed by atoms with Gasteiger partial charge in [0.05, 0.1) is 28.4 Å². The van der Waals surface area contributed by atoms with Crippen LogP contribution in [0.5, 0.6) is 11.5 Å². The summed E-state index contributed by atoms with van der Waals surface area (Å²) in [7, 11) is -3.75. The smallest absolute Gasteiger partial charge is 0.259 e. The molecule has 0 saturated carbocycles. The van der Waals surface area contributed by atoms with Gasteiger partial charge >= 0.3 is 0 Å². The zero-order valence-electron chi connectivity index (χ0n) is 15.0. The summed E-state index contributed by atoms with van der Waals surface area (Å²) >= 11 is 0. The first kappa shape index (κ1) is 18.0. The summed E-state index contributed by atoms with van der Waals surface area (Å²) in [5.74, 6) is 0.423. The molecule has 0 aliphatic carbocycles. The molecule has 8 heteroatoms. The quantitative estimate of drug-likeness (QED) is 0.855. The second-order valence-electron chi connectivity index (χ2n) is 6.79. The minimum Gasteiger partial charge on any atom is -0.454 e. The molecule has 0 radical (unpaired) electrons. The van der Waals surface area contributed by atoms with Crippen LogP contribution in [0.25, 0.3) is 0 Å². The Morgan fingerprint density at radius 2 is 1.74 bits per heavy atom. The number of anilines is 1. The van der Waals surface area contributed by atoms with E-state index in [9.17, 15) is 13.2 Å². The number of rotatable bonds is 2. The van der Waals surface area contributed by atoms with Crippen LogP contribution in [0.3, 0.4) is 0 Å². The number of para-hydroxylation sites is 2. The summed E-state index contributed by atoms with van der Waals surface area (Å²) in [6, 6.07) is 11.4. The first-order valence-electron chi connectivity index (χ1n) is 8.72. The van der Waals surface area contributed by atoms with Crippen molar-refractivity contribution in [1.29, 1.82) is 0 Å². The van der Waals surface area contributed by atoms with Crippen LogP contribution in [0.1, 0.15) is 24.2 Å². The number of sulfonamides is 1. The molecule has 7 nitrogen and oxygen atoms in total. The van der Waals surface area contributed by atoms with Gasteiger partial charge in [-0.1, -0.05) is 12.1 Å². The molecule has 1 saturated heterocycles. The van der Waals surface area contributed by atoms with Crippen LogP contribution >= 0.6 is 0 Å². The molecule has 4 rings (SSSR count). The van der Waals surface area contributed by atoms with Gasteiger partial charge in [-0.05, 0) is 44.2 Å². The van der Waals surface area contributed by atoms with Gasteiger partial charge in [0.15, 0.2) is 5.75 Å². The number of carbonyl (C=O) groups excluding carboxylic acids is 1. The van der Waals surface area contributed by atoms with Crippen molar-refractivity contribution in [3.8, 4) is 11.5 Å². The minimum absolute atomic E-state index is 0.0623. The highest BCUT2D eigenvalue weighted by molar-refractivity contribution is 7.89. The molecule has 2 aromatic rings. The van der Waals surface area contributed by atoms with E-state index in [2.05, 4.69) is 5.32 Å². The van der Waals surface area contributed by atoms with Crippen molar-refractivity contribution in [2.24, 2.45) is 0 Å². The normalized spacial score (nSPS) is 22.8. The first-order chi connectivity index (χ1) is 12.8. The standard InChI is InChI=1S/C19H20N2O5S/c1-12-10-21(11-13(2)25-12)27(23,24)14-7-8-17-15(9-14)19(22)20-16-5-3-4-6-18(16)26-17/h3-9,12-13H,10-11H2,1-2H3,(H,20,22)/t12-,13-/m1/s1. The van der Waals surface area contributed by atoms with Crippen LogP contribution in [-0.2, 0) is 14.8 Å². The maximum Gasteiger partial charge on any atom is 0.259 e. The van der Waals surface area contributed by atoms with Crippen LogP contribution in [0.4, 0.5) is 5.69 Å². The van der Waals surface area contributed by atoms with E-state index in [1.165, 1.54) is 22.5 Å². The van der Waals surface area contributed by atoms with Crippen molar-refractivity contribution in [1.82, 2.24) is 4.31 Å². The molecule has 1 N–H and O–H groups in total. The molecular weight excluding hydrogens is 368 g/mol. The van der Waals surface area contributed by atoms with Crippen molar-refractivity contribution in [3.05, 3.63) is 48.0 Å². The van der Waals surface area contributed by atoms with Gasteiger partial charge in [0, 0.05) is 13.1 Å². The SMILES string of the molecule is C[C@@H]1CN(S(=O)(=O)c2ccc3c(c2)C(=O)Nc2ccccc2O3)C[C@@H](C)O1. The summed E-state index contributed by atoms with van der Waals surface area (Å²) in [4.78, 5) is 12.7. The van der Waals surface area contributed by atoms with Gasteiger partial charge in [-0.2, -0.15) is 4.31 Å². The fraction of sp³-hybridized carbons (Fsp3) is 0.316. The average Bonchev–Trinajstić information content (AvgIpc) is 2.76. The molecule has 1 amide bonds. The lowest BCUT2D eigenvalue weighted by molar-refractivity contribution is -0.0440. The Balaban J connectivity index is 1.71. The topological polar surface area (TPSA) is 84.9 Å². The predicted octanol–water partition coefficient (Wildman–Crippen LogP) is 2.84. The average molecular weight is 388 g/mol. The van der Waals surface area contributed by atoms with E-state index < -0.39 is 15.9 Å². The molecule has 1 fully saturated rings. The van der Waals surface area contributed by atoms with Crippen LogP contribution in [0, 0.1) is 0 Å². The van der Waals surface area contributed by atoms with Gasteiger partial charge in [0.25, 0.3) is 5.91 Å². The molecule has 0 spiro atoms. The molecule has 2 aromatic carbocycles. The number of benzene rings is 2. The summed E-state index contributed by atoms with van der Waals surface area (Å²) < 4.78 is 39.0. The molecule has 142 valence electrons. The second-order valence-corrected chi connectivity index (χ2v) is 8.73. The number of nitrogens with one attached hydrogen (secondary N) is 1. The molecule has 0 bridgehead atoms. The Kier molecular flexibility index (Phi) is 4.41. The number of ether oxygens (including phenoxy) is 2. The molecule has 2 aliphatic rings. The molecule has 27 heavy (non-hydrogen) atoms. The highest BCUT2D eigenvalue weighted by Gasteiger charge is 2.33. The van der Waals surface area contributed by atoms with Crippen molar-refractivity contribution >= 4 is 21.6 Å². The van der Waals surface area contributed by atoms with E-state index in [0.29, 0.717) is 17.2 Å². The second kappa shape index (κ2) is 6.63. The molecule has 0 aromatic heterocycles. The zero-order valence-corrected chi connectivity index (χ0v) is 15.8. The highest BCUT2D eigenvalue weighted by atomic mass is 32.2. The van der Waals surface area contributed by atoms with E-state index >= 15 is 0 Å². The lowest BCUT2D eigenvalue weighted by atomic mass is 10.2. The molecular formula is C19H20N2O5S. The van der Waals surface area contributed by atoms with Crippen molar-refractivity contribution < 1.29 is 22.7 Å². The Labute approximate surface area is 157 Å². The molecule has 2 atom stereocenters. The number of nitrogens with zero attached hydrogens (tertiary/aromatic N) is 1. The lowest BCUT2D eigenvalue weighted by Gasteiger charge is -2.34. The molecule has 0 unspecified atom stereocenters. The van der Waals surface area contributed by atoms with E-state index in [1.54, 1.807) is 24.3 Å². The number of amides is 1. The van der Waals surface area contributed by atoms with Gasteiger partial charge in [-0.25, -0.2) is 8.42 Å². The summed E-state index contributed by atoms with van der Waals surface area (Å²) in [5, 5.41) is 2.76. The van der Waals surface area contributed by atoms with E-state index in [0.717, 1.165) is 0 Å². The van der Waals surface area contributed by atoms with Crippen molar-refractivity contribution in [2.75, 3.05) is 18.4 Å². The van der Waals surface area contributed by atoms with Crippen LogP contribution < -0.4 is 10.1 Å². The van der Waals surface area contributed by atoms with Gasteiger partial charge in [0.2, 0.25) is 10.0 Å². The fourth-order valence-electron chi connectivity index (χ4n) is 3.38. The summed E-state index contributed by atoms with van der Waals surface area (Å²) in [5.41, 5.74) is 0.723. The van der Waals surface area contributed by atoms with Crippen LogP contribution in [-0.4, -0.2) is 43.9 Å². The van der Waals surface area contributed by atoms with Crippen LogP contribution in [0.15, 0.2) is 47.4 Å². The lowest BCUT2D eigenvalue weighted by Crippen LogP contribution is -2.48. The number of morpholine rings is 1. The van der Waals surface area contributed by atoms with Gasteiger partial charge in [0.1, 0.15) is 5.75 Å². The monoisotopic (exact) mass is 388 g/mol. The fourth-order valence-corrected chi connectivity index (χ4v) is 5.00. The Morgan fingerprint density at radius 3 is 2.48 bits per heavy atom. The number of hydrogen-bond donors (Lipinski definition) is 1. The summed E-state index contributed by atoms with van der Waals surface area (Å²) in [6.07, 6.45) is -0.379. The highest BCUT2D eigenvalue weighted by Crippen LogP contribution is 2.36. The zero-order chi connectivity index (χ0) is 19.2. The maximum atomic E-state index is 13.1. The number of hydrogen-bond acceptors (Lipinski definition) is 5. The number of carbonyl (C=O) groups is 1. The van der Waals surface area contributed by atoms with Gasteiger partial charge in [-0.3, -0.25) is 4.79 Å². The van der Waals surface area contributed by atoms with E-state index in [1.807, 2.05) is 13.8 Å². The van der Waals surface area contributed by atoms with Crippen molar-refractivity contribution in [2.45, 2.75) is 31.0 Å². The van der Waals surface area contributed by atoms with Gasteiger partial charge < -0.3 is 14.8 Å². The van der Waals surface area contributed by atoms with E-state index in [-0.39, 0.29) is 35.8 Å². The minimum atomic E-state index is -3.75. The third kappa shape index (κ3) is 3.31. The largest absolute Gasteiger partial charge is 0.454 e. The van der Waals surface area contributed by atoms with Gasteiger partial charge in [-0.15, -0.1) is 0 Å². The third-order valence-corrected chi connectivity index (χ3v) is 6.40. The Morgan fingerprint density at radius 1 is 1.04 bits per heavy atom. The Hall–Kier alpha value is -2.42. The van der Waals surface area contributed by atoms with E-state index in [4.69, 9.17) is 9.47 Å². The third-order valence-electron chi connectivity index (χ3n) is 4.57. The number of fused-ring (bicyclic) bond motifs is 2. The van der Waals surface area contributed by atoms with Crippen LogP contribution in [0.2, 0.25) is 0 Å². The predicted molar refractivity (Wildman–Crippen MR) is 99.7 cm³/mol. The summed E-state index contributed by atoms with van der Waals surface area (Å²) in [6.45, 7) is 4.23. The Bertz CT molecular complexity index is 995. The van der Waals surface area contributed by atoms with Crippen molar-refractivity contribution in [3.63, 3.8) is 0 Å². The maximum absolute atomic E-state index is 13.1.